The molecule has 0 atom stereocenters. The van der Waals surface area contributed by atoms with Gasteiger partial charge in [-0.25, -0.2) is 9.59 Å². The number of benzene rings is 1. The number of nitrogens with one attached hydrogen (secondary N) is 1. The van der Waals surface area contributed by atoms with Crippen molar-refractivity contribution in [2.45, 2.75) is 25.3 Å². The Bertz CT molecular complexity index is 731. The van der Waals surface area contributed by atoms with E-state index in [1.165, 1.54) is 0 Å². The van der Waals surface area contributed by atoms with Crippen molar-refractivity contribution in [3.05, 3.63) is 52.2 Å². The van der Waals surface area contributed by atoms with E-state index in [1.54, 1.807) is 16.8 Å². The Morgan fingerprint density at radius 3 is 2.79 bits per heavy atom. The second-order valence-corrected chi connectivity index (χ2v) is 4.86. The molecule has 96 valence electrons. The van der Waals surface area contributed by atoms with E-state index in [0.29, 0.717) is 0 Å². The summed E-state index contributed by atoms with van der Waals surface area (Å²) in [7, 11) is 0. The zero-order chi connectivity index (χ0) is 13.5. The molecule has 1 heterocycles. The monoisotopic (exact) mass is 255 g/mol. The lowest BCUT2D eigenvalue weighted by molar-refractivity contribution is 0.556. The standard InChI is InChI=1S/C14H13N3O2/c1-10-8-15-13(19)17(10)12-4-2-3-11(7-12)14(5-6-14)16-9-18/h2-4,7-8H,5-6H2,1H3,(H,15,19). The van der Waals surface area contributed by atoms with E-state index in [9.17, 15) is 9.59 Å². The van der Waals surface area contributed by atoms with Crippen LogP contribution in [0.3, 0.4) is 0 Å². The van der Waals surface area contributed by atoms with Gasteiger partial charge in [0.25, 0.3) is 0 Å². The lowest BCUT2D eigenvalue weighted by Gasteiger charge is -2.11. The molecule has 1 aromatic heterocycles. The first-order valence-corrected chi connectivity index (χ1v) is 6.13. The first kappa shape index (κ1) is 11.7. The Kier molecular flexibility index (Phi) is 2.50. The molecule has 0 aliphatic heterocycles. The minimum Gasteiger partial charge on any atom is -0.312 e. The summed E-state index contributed by atoms with van der Waals surface area (Å²) in [5.74, 6) is 0. The average molecular weight is 255 g/mol. The van der Waals surface area contributed by atoms with Gasteiger partial charge in [-0.1, -0.05) is 12.1 Å². The summed E-state index contributed by atoms with van der Waals surface area (Å²) in [6.07, 6.45) is 5.03. The molecule has 2 aromatic rings. The van der Waals surface area contributed by atoms with Gasteiger partial charge in [0.05, 0.1) is 11.2 Å². The van der Waals surface area contributed by atoms with E-state index >= 15 is 0 Å². The first-order chi connectivity index (χ1) is 9.16. The third-order valence-electron chi connectivity index (χ3n) is 3.59. The fraction of sp³-hybridized carbons (Fsp3) is 0.286. The molecule has 1 N–H and O–H groups in total. The SMILES string of the molecule is Cc1c[nH]c(=O)n1-c1cccc(C2(N=C=O)CC2)c1. The van der Waals surface area contributed by atoms with E-state index in [0.717, 1.165) is 29.8 Å². The minimum atomic E-state index is -0.411. The minimum absolute atomic E-state index is 0.168. The van der Waals surface area contributed by atoms with Crippen molar-refractivity contribution in [1.29, 1.82) is 0 Å². The van der Waals surface area contributed by atoms with Crippen LogP contribution in [0.4, 0.5) is 0 Å². The number of hydrogen-bond donors (Lipinski definition) is 1. The summed E-state index contributed by atoms with van der Waals surface area (Å²) < 4.78 is 1.60. The van der Waals surface area contributed by atoms with Crippen LogP contribution >= 0.6 is 0 Å². The van der Waals surface area contributed by atoms with Gasteiger partial charge in [-0.3, -0.25) is 4.57 Å². The van der Waals surface area contributed by atoms with Crippen LogP contribution in [0.5, 0.6) is 0 Å². The summed E-state index contributed by atoms with van der Waals surface area (Å²) in [6.45, 7) is 1.86. The maximum Gasteiger partial charge on any atom is 0.330 e. The highest BCUT2D eigenvalue weighted by molar-refractivity contribution is 5.45. The summed E-state index contributed by atoms with van der Waals surface area (Å²) in [6, 6.07) is 7.59. The number of imidazole rings is 1. The van der Waals surface area contributed by atoms with E-state index in [-0.39, 0.29) is 5.69 Å². The number of H-pyrrole nitrogens is 1. The topological polar surface area (TPSA) is 67.2 Å². The average Bonchev–Trinajstić information content (AvgIpc) is 3.11. The number of aromatic nitrogens is 2. The van der Waals surface area contributed by atoms with Gasteiger partial charge in [0.1, 0.15) is 0 Å². The fourth-order valence-electron chi connectivity index (χ4n) is 2.38. The predicted molar refractivity (Wildman–Crippen MR) is 70.2 cm³/mol. The van der Waals surface area contributed by atoms with Gasteiger partial charge in [-0.15, -0.1) is 0 Å². The summed E-state index contributed by atoms with van der Waals surface area (Å²) in [5, 5.41) is 0. The fourth-order valence-corrected chi connectivity index (χ4v) is 2.38. The lowest BCUT2D eigenvalue weighted by Crippen LogP contribution is -2.16. The maximum absolute atomic E-state index is 11.8. The van der Waals surface area contributed by atoms with Gasteiger partial charge in [-0.05, 0) is 37.5 Å². The van der Waals surface area contributed by atoms with Crippen LogP contribution in [0.25, 0.3) is 5.69 Å². The number of aromatic amines is 1. The van der Waals surface area contributed by atoms with Gasteiger partial charge < -0.3 is 4.98 Å². The molecule has 5 heteroatoms. The number of carbonyl (C=O) groups excluding carboxylic acids is 1. The highest BCUT2D eigenvalue weighted by atomic mass is 16.1. The van der Waals surface area contributed by atoms with Crippen LogP contribution in [0.1, 0.15) is 24.1 Å². The van der Waals surface area contributed by atoms with E-state index < -0.39 is 5.54 Å². The van der Waals surface area contributed by atoms with Gasteiger partial charge >= 0.3 is 5.69 Å². The van der Waals surface area contributed by atoms with Crippen molar-refractivity contribution in [2.75, 3.05) is 0 Å². The van der Waals surface area contributed by atoms with Crippen LogP contribution in [0.15, 0.2) is 40.2 Å². The predicted octanol–water partition coefficient (Wildman–Crippen LogP) is 1.80. The molecule has 1 aliphatic carbocycles. The molecular weight excluding hydrogens is 242 g/mol. The van der Waals surface area contributed by atoms with Crippen molar-refractivity contribution in [3.63, 3.8) is 0 Å². The third kappa shape index (κ3) is 1.84. The number of aryl methyl sites for hydroxylation is 1. The Balaban J connectivity index is 2.11. The second-order valence-electron chi connectivity index (χ2n) is 4.86. The largest absolute Gasteiger partial charge is 0.330 e. The lowest BCUT2D eigenvalue weighted by atomic mass is 10.0. The van der Waals surface area contributed by atoms with E-state index in [1.807, 2.05) is 31.2 Å². The van der Waals surface area contributed by atoms with Crippen LogP contribution in [0.2, 0.25) is 0 Å². The normalized spacial score (nSPS) is 15.8. The number of nitrogens with zero attached hydrogens (tertiary/aromatic N) is 2. The molecule has 19 heavy (non-hydrogen) atoms. The van der Waals surface area contributed by atoms with Crippen molar-refractivity contribution < 1.29 is 4.79 Å². The molecule has 0 unspecified atom stereocenters. The highest BCUT2D eigenvalue weighted by Gasteiger charge is 2.44. The smallest absolute Gasteiger partial charge is 0.312 e. The first-order valence-electron chi connectivity index (χ1n) is 6.13. The zero-order valence-electron chi connectivity index (χ0n) is 10.5. The number of hydrogen-bond acceptors (Lipinski definition) is 3. The quantitative estimate of drug-likeness (QED) is 0.671. The Hall–Kier alpha value is -2.39. The van der Waals surface area contributed by atoms with Gasteiger partial charge in [0.15, 0.2) is 0 Å². The molecule has 1 aliphatic rings. The molecule has 1 saturated carbocycles. The molecule has 5 nitrogen and oxygen atoms in total. The van der Waals surface area contributed by atoms with E-state index in [4.69, 9.17) is 0 Å². The van der Waals surface area contributed by atoms with Crippen LogP contribution in [-0.4, -0.2) is 15.6 Å². The zero-order valence-corrected chi connectivity index (χ0v) is 10.5. The van der Waals surface area contributed by atoms with Crippen LogP contribution in [0, 0.1) is 6.92 Å². The van der Waals surface area contributed by atoms with Crippen molar-refractivity contribution >= 4 is 6.08 Å². The highest BCUT2D eigenvalue weighted by Crippen LogP contribution is 2.49. The number of rotatable bonds is 3. The maximum atomic E-state index is 11.8. The number of isocyanates is 1. The molecular formula is C14H13N3O2. The Labute approximate surface area is 109 Å². The molecule has 0 amide bonds. The summed E-state index contributed by atoms with van der Waals surface area (Å²) in [5.41, 5.74) is 2.00. The molecule has 0 spiro atoms. The molecule has 0 saturated heterocycles. The molecule has 1 fully saturated rings. The van der Waals surface area contributed by atoms with Gasteiger partial charge in [0, 0.05) is 11.9 Å². The van der Waals surface area contributed by atoms with Crippen LogP contribution < -0.4 is 5.69 Å². The van der Waals surface area contributed by atoms with Crippen molar-refractivity contribution in [2.24, 2.45) is 4.99 Å². The molecule has 0 radical (unpaired) electrons. The Morgan fingerprint density at radius 2 is 2.21 bits per heavy atom. The second kappa shape index (κ2) is 4.07. The molecule has 1 aromatic carbocycles. The van der Waals surface area contributed by atoms with Crippen LogP contribution in [-0.2, 0) is 10.3 Å². The number of aliphatic imine (C=N–C) groups is 1. The van der Waals surface area contributed by atoms with E-state index in [2.05, 4.69) is 9.98 Å². The summed E-state index contributed by atoms with van der Waals surface area (Å²) >= 11 is 0. The molecule has 0 bridgehead atoms. The summed E-state index contributed by atoms with van der Waals surface area (Å²) in [4.78, 5) is 28.8. The van der Waals surface area contributed by atoms with Gasteiger partial charge in [-0.2, -0.15) is 4.99 Å². The van der Waals surface area contributed by atoms with Crippen molar-refractivity contribution in [1.82, 2.24) is 9.55 Å². The third-order valence-corrected chi connectivity index (χ3v) is 3.59. The molecule has 3 rings (SSSR count). The Morgan fingerprint density at radius 1 is 1.42 bits per heavy atom. The van der Waals surface area contributed by atoms with Gasteiger partial charge in [0.2, 0.25) is 6.08 Å². The van der Waals surface area contributed by atoms with Crippen molar-refractivity contribution in [3.8, 4) is 5.69 Å².